The van der Waals surface area contributed by atoms with Gasteiger partial charge in [-0.1, -0.05) is 181 Å². The van der Waals surface area contributed by atoms with Crippen LogP contribution < -0.4 is 0 Å². The summed E-state index contributed by atoms with van der Waals surface area (Å²) < 4.78 is 16.7. The van der Waals surface area contributed by atoms with E-state index in [0.717, 1.165) is 128 Å². The highest BCUT2D eigenvalue weighted by Crippen LogP contribution is 2.12. The first kappa shape index (κ1) is 58.8. The zero-order chi connectivity index (χ0) is 45.8. The van der Waals surface area contributed by atoms with E-state index in [1.165, 1.54) is 25.7 Å². The largest absolute Gasteiger partial charge is 0.462 e. The van der Waals surface area contributed by atoms with Crippen LogP contribution in [-0.4, -0.2) is 37.2 Å². The lowest BCUT2D eigenvalue weighted by molar-refractivity contribution is -0.167. The third kappa shape index (κ3) is 48.7. The summed E-state index contributed by atoms with van der Waals surface area (Å²) in [5, 5.41) is 0. The average molecular weight is 871 g/mol. The van der Waals surface area contributed by atoms with Crippen molar-refractivity contribution < 1.29 is 28.6 Å². The summed E-state index contributed by atoms with van der Waals surface area (Å²) in [7, 11) is 0. The molecule has 0 aliphatic rings. The normalized spacial score (nSPS) is 13.1. The topological polar surface area (TPSA) is 78.9 Å². The molecule has 0 rings (SSSR count). The molecule has 0 fully saturated rings. The third-order valence-electron chi connectivity index (χ3n) is 9.93. The lowest BCUT2D eigenvalue weighted by Gasteiger charge is -2.18. The number of allylic oxidation sites excluding steroid dienone is 20. The molecular formula is C57H90O6. The molecular weight excluding hydrogens is 781 g/mol. The highest BCUT2D eigenvalue weighted by atomic mass is 16.6. The van der Waals surface area contributed by atoms with Crippen molar-refractivity contribution in [2.75, 3.05) is 13.2 Å². The molecule has 0 aromatic rings. The van der Waals surface area contributed by atoms with E-state index in [-0.39, 0.29) is 37.5 Å². The molecule has 0 heterocycles. The Labute approximate surface area is 386 Å². The Morgan fingerprint density at radius 1 is 0.333 bits per heavy atom. The molecule has 63 heavy (non-hydrogen) atoms. The second-order valence-corrected chi connectivity index (χ2v) is 16.0. The average Bonchev–Trinajstić information content (AvgIpc) is 3.28. The Bertz CT molecular complexity index is 1370. The summed E-state index contributed by atoms with van der Waals surface area (Å²) in [5.41, 5.74) is 0. The second-order valence-electron chi connectivity index (χ2n) is 16.0. The highest BCUT2D eigenvalue weighted by Gasteiger charge is 2.19. The van der Waals surface area contributed by atoms with Gasteiger partial charge in [-0.2, -0.15) is 0 Å². The lowest BCUT2D eigenvalue weighted by Crippen LogP contribution is -2.30. The van der Waals surface area contributed by atoms with Gasteiger partial charge in [0, 0.05) is 19.3 Å². The van der Waals surface area contributed by atoms with Crippen LogP contribution in [0.3, 0.4) is 0 Å². The van der Waals surface area contributed by atoms with Crippen LogP contribution in [0.15, 0.2) is 122 Å². The molecule has 0 aromatic carbocycles. The molecule has 0 aliphatic heterocycles. The number of rotatable bonds is 43. The van der Waals surface area contributed by atoms with Crippen LogP contribution in [0.2, 0.25) is 0 Å². The van der Waals surface area contributed by atoms with Gasteiger partial charge in [-0.15, -0.1) is 0 Å². The van der Waals surface area contributed by atoms with Crippen molar-refractivity contribution in [1.82, 2.24) is 0 Å². The minimum absolute atomic E-state index is 0.114. The van der Waals surface area contributed by atoms with Gasteiger partial charge in [0.2, 0.25) is 0 Å². The van der Waals surface area contributed by atoms with E-state index >= 15 is 0 Å². The number of unbranched alkanes of at least 4 members (excludes halogenated alkanes) is 12. The fraction of sp³-hybridized carbons (Fsp3) is 0.596. The number of ether oxygens (including phenoxy) is 3. The zero-order valence-electron chi connectivity index (χ0n) is 40.3. The number of esters is 3. The molecule has 1 atom stereocenters. The van der Waals surface area contributed by atoms with Gasteiger partial charge in [0.1, 0.15) is 13.2 Å². The molecule has 0 amide bonds. The quantitative estimate of drug-likeness (QED) is 0.0263. The SMILES string of the molecule is CC/C=C\C/C=C\C/C=C\C/C=C\C/C=C\CCCCCC(=O)OCC(COC(=O)CCCCCCC/C=C\CCCC)OC(=O)CCCC/C=C\C/C=C\C/C=C\C/C=C\CC. The first-order chi connectivity index (χ1) is 31.0. The standard InChI is InChI=1S/C57H90O6/c1-4-7-10-13-16-19-22-24-26-27-28-29-31-32-35-38-41-44-47-50-56(59)62-53-54(52-61-55(58)49-46-43-40-37-34-21-18-15-12-9-6-3)63-57(60)51-48-45-42-39-36-33-30-25-23-20-17-14-11-8-5-2/h7-8,10-11,15-20,24-26,28-30,32,35-36,39,54H,4-6,9,12-14,21-23,27,31,33-34,37-38,40-53H2,1-3H3/b10-7-,11-8-,18-15-,19-16-,20-17-,26-24-,29-28-,30-25-,35-32-,39-36-. The maximum absolute atomic E-state index is 12.8. The van der Waals surface area contributed by atoms with Gasteiger partial charge >= 0.3 is 17.9 Å². The lowest BCUT2D eigenvalue weighted by atomic mass is 10.1. The van der Waals surface area contributed by atoms with Gasteiger partial charge in [-0.3, -0.25) is 14.4 Å². The van der Waals surface area contributed by atoms with Crippen molar-refractivity contribution in [1.29, 1.82) is 0 Å². The first-order valence-corrected chi connectivity index (χ1v) is 25.0. The molecule has 0 saturated heterocycles. The summed E-state index contributed by atoms with van der Waals surface area (Å²) in [6, 6.07) is 0. The van der Waals surface area contributed by atoms with Crippen LogP contribution in [0.5, 0.6) is 0 Å². The van der Waals surface area contributed by atoms with Crippen molar-refractivity contribution in [3.8, 4) is 0 Å². The third-order valence-corrected chi connectivity index (χ3v) is 9.93. The van der Waals surface area contributed by atoms with Crippen LogP contribution in [0.25, 0.3) is 0 Å². The van der Waals surface area contributed by atoms with Crippen molar-refractivity contribution in [2.45, 2.75) is 207 Å². The Balaban J connectivity index is 4.53. The second kappa shape index (κ2) is 50.5. The highest BCUT2D eigenvalue weighted by molar-refractivity contribution is 5.71. The first-order valence-electron chi connectivity index (χ1n) is 25.0. The molecule has 6 nitrogen and oxygen atoms in total. The zero-order valence-corrected chi connectivity index (χ0v) is 40.3. The monoisotopic (exact) mass is 871 g/mol. The minimum Gasteiger partial charge on any atom is -0.462 e. The summed E-state index contributed by atoms with van der Waals surface area (Å²) in [6.45, 7) is 6.27. The van der Waals surface area contributed by atoms with Crippen LogP contribution >= 0.6 is 0 Å². The Hall–Kier alpha value is -4.19. The van der Waals surface area contributed by atoms with Crippen LogP contribution in [0.1, 0.15) is 201 Å². The van der Waals surface area contributed by atoms with E-state index in [9.17, 15) is 14.4 Å². The fourth-order valence-corrected chi connectivity index (χ4v) is 6.20. The molecule has 0 spiro atoms. The minimum atomic E-state index is -0.819. The van der Waals surface area contributed by atoms with E-state index in [1.54, 1.807) is 0 Å². The van der Waals surface area contributed by atoms with Crippen molar-refractivity contribution in [3.63, 3.8) is 0 Å². The maximum atomic E-state index is 12.8. The fourth-order valence-electron chi connectivity index (χ4n) is 6.20. The predicted molar refractivity (Wildman–Crippen MR) is 269 cm³/mol. The molecule has 0 saturated carbocycles. The van der Waals surface area contributed by atoms with Crippen molar-refractivity contribution in [2.24, 2.45) is 0 Å². The van der Waals surface area contributed by atoms with E-state index in [2.05, 4.69) is 142 Å². The Morgan fingerprint density at radius 2 is 0.619 bits per heavy atom. The predicted octanol–water partition coefficient (Wildman–Crippen LogP) is 16.5. The van der Waals surface area contributed by atoms with E-state index in [4.69, 9.17) is 14.2 Å². The molecule has 1 unspecified atom stereocenters. The molecule has 0 aliphatic carbocycles. The Morgan fingerprint density at radius 3 is 1.03 bits per heavy atom. The Kier molecular flexibility index (Phi) is 47.1. The number of carbonyl (C=O) groups excluding carboxylic acids is 3. The van der Waals surface area contributed by atoms with Gasteiger partial charge in [0.05, 0.1) is 0 Å². The van der Waals surface area contributed by atoms with E-state index < -0.39 is 6.10 Å². The smallest absolute Gasteiger partial charge is 0.306 e. The summed E-state index contributed by atoms with van der Waals surface area (Å²) >= 11 is 0. The van der Waals surface area contributed by atoms with Crippen LogP contribution in [-0.2, 0) is 28.6 Å². The molecule has 6 heteroatoms. The number of hydrogen-bond acceptors (Lipinski definition) is 6. The molecule has 0 bridgehead atoms. The molecule has 354 valence electrons. The summed E-state index contributed by atoms with van der Waals surface area (Å²) in [6.07, 6.45) is 69.0. The van der Waals surface area contributed by atoms with Crippen molar-refractivity contribution in [3.05, 3.63) is 122 Å². The van der Waals surface area contributed by atoms with Gasteiger partial charge in [-0.05, 0) is 122 Å². The van der Waals surface area contributed by atoms with E-state index in [0.29, 0.717) is 19.3 Å². The number of carbonyl (C=O) groups is 3. The van der Waals surface area contributed by atoms with Crippen LogP contribution in [0.4, 0.5) is 0 Å². The summed E-state index contributed by atoms with van der Waals surface area (Å²) in [4.78, 5) is 37.9. The number of hydrogen-bond donors (Lipinski definition) is 0. The maximum Gasteiger partial charge on any atom is 0.306 e. The van der Waals surface area contributed by atoms with Gasteiger partial charge in [0.25, 0.3) is 0 Å². The van der Waals surface area contributed by atoms with Crippen molar-refractivity contribution >= 4 is 17.9 Å². The summed E-state index contributed by atoms with van der Waals surface area (Å²) in [5.74, 6) is -1.01. The molecule has 0 aromatic heterocycles. The molecule has 0 radical (unpaired) electrons. The van der Waals surface area contributed by atoms with Gasteiger partial charge in [-0.25, -0.2) is 0 Å². The van der Waals surface area contributed by atoms with Crippen LogP contribution in [0, 0.1) is 0 Å². The van der Waals surface area contributed by atoms with Gasteiger partial charge < -0.3 is 14.2 Å². The molecule has 0 N–H and O–H groups in total. The van der Waals surface area contributed by atoms with Gasteiger partial charge in [0.15, 0.2) is 6.10 Å². The van der Waals surface area contributed by atoms with E-state index in [1.807, 2.05) is 0 Å².